The number of alkyl halides is 3. The van der Waals surface area contributed by atoms with Crippen molar-refractivity contribution in [2.45, 2.75) is 26.9 Å². The molecule has 0 unspecified atom stereocenters. The van der Waals surface area contributed by atoms with Crippen LogP contribution in [-0.4, -0.2) is 6.18 Å². The normalized spacial score (nSPS) is 14.8. The number of nitriles is 1. The molecule has 0 aromatic rings. The molecule has 0 atom stereocenters. The van der Waals surface area contributed by atoms with Crippen molar-refractivity contribution in [3.63, 3.8) is 0 Å². The largest absolute Gasteiger partial charge is 0.415 e. The summed E-state index contributed by atoms with van der Waals surface area (Å²) in [5.41, 5.74) is 0.529. The summed E-state index contributed by atoms with van der Waals surface area (Å²) in [6.45, 7) is 8.23. The van der Waals surface area contributed by atoms with Gasteiger partial charge in [0.2, 0.25) is 0 Å². The summed E-state index contributed by atoms with van der Waals surface area (Å²) in [7, 11) is 0. The van der Waals surface area contributed by atoms with Gasteiger partial charge in [-0.05, 0) is 43.6 Å². The molecule has 0 heterocycles. The van der Waals surface area contributed by atoms with E-state index in [1.165, 1.54) is 6.08 Å². The average molecular weight is 293 g/mol. The third-order valence-electron chi connectivity index (χ3n) is 2.51. The molecule has 0 rings (SSSR count). The Bertz CT molecular complexity index is 562. The molecule has 0 saturated heterocycles. The molecule has 0 bridgehead atoms. The first-order chi connectivity index (χ1) is 9.77. The van der Waals surface area contributed by atoms with Crippen LogP contribution >= 0.6 is 0 Å². The first-order valence-electron chi connectivity index (χ1n) is 6.28. The average Bonchev–Trinajstić information content (AvgIpc) is 2.38. The topological polar surface area (TPSA) is 23.8 Å². The molecule has 21 heavy (non-hydrogen) atoms. The highest BCUT2D eigenvalue weighted by Crippen LogP contribution is 2.29. The van der Waals surface area contributed by atoms with E-state index < -0.39 is 11.7 Å². The molecule has 4 heteroatoms. The van der Waals surface area contributed by atoms with E-state index in [1.54, 1.807) is 51.2 Å². The molecule has 0 aliphatic heterocycles. The van der Waals surface area contributed by atoms with Crippen LogP contribution in [0.25, 0.3) is 0 Å². The van der Waals surface area contributed by atoms with Gasteiger partial charge in [-0.15, -0.1) is 0 Å². The monoisotopic (exact) mass is 293 g/mol. The van der Waals surface area contributed by atoms with Crippen LogP contribution in [0.3, 0.4) is 0 Å². The SMILES string of the molecule is C=C(/C=C(\C=C/C)C(=C/C=C\C)/C(C)=C/C#N)C(F)(F)F. The Morgan fingerprint density at radius 2 is 1.81 bits per heavy atom. The summed E-state index contributed by atoms with van der Waals surface area (Å²) in [5.74, 6) is 0. The molecular formula is C17H18F3N. The predicted octanol–water partition coefficient (Wildman–Crippen LogP) is 5.58. The molecule has 0 spiro atoms. The standard InChI is InChI=1S/C17H18F3N/c1-5-7-9-16(13(3)10-11-21)15(8-6-2)12-14(4)17(18,19)20/h5-10,12H,4H2,1-3H3/b7-5-,8-6-,13-10+,15-12+,16-9+. The minimum absolute atomic E-state index is 0.349. The van der Waals surface area contributed by atoms with Gasteiger partial charge in [0.1, 0.15) is 0 Å². The molecule has 112 valence electrons. The Labute approximate surface area is 123 Å². The van der Waals surface area contributed by atoms with Gasteiger partial charge in [0.15, 0.2) is 0 Å². The Balaban J connectivity index is 6.00. The summed E-state index contributed by atoms with van der Waals surface area (Å²) in [6.07, 6.45) is 6.11. The second kappa shape index (κ2) is 8.80. The van der Waals surface area contributed by atoms with Crippen LogP contribution in [0.2, 0.25) is 0 Å². The zero-order valence-electron chi connectivity index (χ0n) is 12.3. The zero-order valence-corrected chi connectivity index (χ0v) is 12.3. The highest BCUT2D eigenvalue weighted by Gasteiger charge is 2.30. The van der Waals surface area contributed by atoms with Gasteiger partial charge >= 0.3 is 6.18 Å². The Kier molecular flexibility index (Phi) is 7.85. The Morgan fingerprint density at radius 1 is 1.19 bits per heavy atom. The molecule has 0 aliphatic carbocycles. The molecular weight excluding hydrogens is 275 g/mol. The van der Waals surface area contributed by atoms with E-state index in [9.17, 15) is 13.2 Å². The van der Waals surface area contributed by atoms with Gasteiger partial charge in [-0.25, -0.2) is 0 Å². The molecule has 1 nitrogen and oxygen atoms in total. The van der Waals surface area contributed by atoms with Crippen molar-refractivity contribution < 1.29 is 13.2 Å². The number of allylic oxidation sites excluding steroid dienone is 11. The summed E-state index contributed by atoms with van der Waals surface area (Å²) >= 11 is 0. The Hall–Kier alpha value is -2.28. The van der Waals surface area contributed by atoms with Crippen LogP contribution in [0.4, 0.5) is 13.2 Å². The number of rotatable bonds is 5. The van der Waals surface area contributed by atoms with E-state index in [0.717, 1.165) is 6.08 Å². The second-order valence-corrected chi connectivity index (χ2v) is 4.19. The first-order valence-corrected chi connectivity index (χ1v) is 6.28. The fraction of sp³-hybridized carbons (Fsp3) is 0.235. The lowest BCUT2D eigenvalue weighted by Gasteiger charge is -2.11. The zero-order chi connectivity index (χ0) is 16.5. The van der Waals surface area contributed by atoms with Crippen LogP contribution in [0, 0.1) is 11.3 Å². The number of halogens is 3. The number of hydrogen-bond acceptors (Lipinski definition) is 1. The predicted molar refractivity (Wildman–Crippen MR) is 80.4 cm³/mol. The van der Waals surface area contributed by atoms with Crippen molar-refractivity contribution in [3.8, 4) is 6.07 Å². The van der Waals surface area contributed by atoms with Gasteiger partial charge in [-0.1, -0.05) is 37.0 Å². The van der Waals surface area contributed by atoms with E-state index in [1.807, 2.05) is 6.07 Å². The van der Waals surface area contributed by atoms with Gasteiger partial charge in [-0.3, -0.25) is 0 Å². The van der Waals surface area contributed by atoms with Crippen LogP contribution in [0.5, 0.6) is 0 Å². The van der Waals surface area contributed by atoms with Crippen molar-refractivity contribution in [2.24, 2.45) is 0 Å². The van der Waals surface area contributed by atoms with Crippen molar-refractivity contribution in [1.29, 1.82) is 5.26 Å². The van der Waals surface area contributed by atoms with Crippen LogP contribution in [-0.2, 0) is 0 Å². The highest BCUT2D eigenvalue weighted by molar-refractivity contribution is 5.55. The second-order valence-electron chi connectivity index (χ2n) is 4.19. The molecule has 0 fully saturated rings. The Morgan fingerprint density at radius 3 is 2.24 bits per heavy atom. The molecule has 0 N–H and O–H groups in total. The summed E-state index contributed by atoms with van der Waals surface area (Å²) < 4.78 is 37.9. The fourth-order valence-corrected chi connectivity index (χ4v) is 1.49. The van der Waals surface area contributed by atoms with Gasteiger partial charge < -0.3 is 0 Å². The van der Waals surface area contributed by atoms with Crippen LogP contribution < -0.4 is 0 Å². The third-order valence-corrected chi connectivity index (χ3v) is 2.51. The van der Waals surface area contributed by atoms with E-state index in [4.69, 9.17) is 5.26 Å². The molecule has 0 aromatic heterocycles. The van der Waals surface area contributed by atoms with Gasteiger partial charge in [-0.2, -0.15) is 18.4 Å². The minimum Gasteiger partial charge on any atom is -0.193 e. The summed E-state index contributed by atoms with van der Waals surface area (Å²) in [4.78, 5) is 0. The van der Waals surface area contributed by atoms with Crippen LogP contribution in [0.1, 0.15) is 20.8 Å². The first kappa shape index (κ1) is 18.7. The lowest BCUT2D eigenvalue weighted by molar-refractivity contribution is -0.0878. The third kappa shape index (κ3) is 6.62. The van der Waals surface area contributed by atoms with Crippen molar-refractivity contribution >= 4 is 0 Å². The summed E-state index contributed by atoms with van der Waals surface area (Å²) in [6, 6.07) is 1.88. The fourth-order valence-electron chi connectivity index (χ4n) is 1.49. The maximum Gasteiger partial charge on any atom is 0.415 e. The van der Waals surface area contributed by atoms with E-state index >= 15 is 0 Å². The van der Waals surface area contributed by atoms with Gasteiger partial charge in [0.25, 0.3) is 0 Å². The van der Waals surface area contributed by atoms with E-state index in [-0.39, 0.29) is 0 Å². The molecule has 0 aromatic carbocycles. The van der Waals surface area contributed by atoms with Crippen molar-refractivity contribution in [3.05, 3.63) is 71.4 Å². The minimum atomic E-state index is -4.48. The van der Waals surface area contributed by atoms with E-state index in [2.05, 4.69) is 6.58 Å². The van der Waals surface area contributed by atoms with Crippen molar-refractivity contribution in [1.82, 2.24) is 0 Å². The quantitative estimate of drug-likeness (QED) is 0.479. The highest BCUT2D eigenvalue weighted by atomic mass is 19.4. The van der Waals surface area contributed by atoms with Crippen LogP contribution in [0.15, 0.2) is 71.4 Å². The smallest absolute Gasteiger partial charge is 0.193 e. The van der Waals surface area contributed by atoms with E-state index in [0.29, 0.717) is 16.7 Å². The number of hydrogen-bond donors (Lipinski definition) is 0. The maximum atomic E-state index is 12.6. The molecule has 0 aliphatic rings. The summed E-state index contributed by atoms with van der Waals surface area (Å²) in [5, 5.41) is 8.73. The lowest BCUT2D eigenvalue weighted by atomic mass is 9.95. The van der Waals surface area contributed by atoms with Crippen molar-refractivity contribution in [2.75, 3.05) is 0 Å². The number of nitrogens with zero attached hydrogens (tertiary/aromatic N) is 1. The molecule has 0 amide bonds. The lowest BCUT2D eigenvalue weighted by Crippen LogP contribution is -2.09. The molecule has 0 saturated carbocycles. The maximum absolute atomic E-state index is 12.6. The van der Waals surface area contributed by atoms with Gasteiger partial charge in [0, 0.05) is 11.6 Å². The molecule has 0 radical (unpaired) electrons. The van der Waals surface area contributed by atoms with Gasteiger partial charge in [0.05, 0.1) is 6.07 Å².